The summed E-state index contributed by atoms with van der Waals surface area (Å²) >= 11 is 24.3. The van der Waals surface area contributed by atoms with E-state index < -0.39 is 54.7 Å². The van der Waals surface area contributed by atoms with Gasteiger partial charge in [-0.1, -0.05) is 58.5 Å². The summed E-state index contributed by atoms with van der Waals surface area (Å²) in [4.78, 5) is 36.6. The molecule has 0 spiro atoms. The molecule has 1 aliphatic rings. The molecular formula is C25H20Cl4O8. The number of esters is 2. The molecule has 8 nitrogen and oxygen atoms in total. The first kappa shape index (κ1) is 29.0. The molecule has 37 heavy (non-hydrogen) atoms. The fourth-order valence-electron chi connectivity index (χ4n) is 3.68. The third-order valence-corrected chi connectivity index (χ3v) is 6.84. The second-order valence-corrected chi connectivity index (χ2v) is 9.76. The van der Waals surface area contributed by atoms with Crippen molar-refractivity contribution in [1.82, 2.24) is 0 Å². The van der Waals surface area contributed by atoms with Gasteiger partial charge in [0.25, 0.3) is 0 Å². The lowest BCUT2D eigenvalue weighted by molar-refractivity contribution is -0.204. The highest BCUT2D eigenvalue weighted by atomic mass is 35.5. The molecule has 12 heteroatoms. The van der Waals surface area contributed by atoms with E-state index in [9.17, 15) is 29.7 Å². The molecular weight excluding hydrogens is 570 g/mol. The summed E-state index contributed by atoms with van der Waals surface area (Å²) in [5.74, 6) is -3.58. The number of hydrogen-bond donors (Lipinski definition) is 3. The van der Waals surface area contributed by atoms with Crippen LogP contribution in [-0.2, 0) is 23.9 Å². The Morgan fingerprint density at radius 1 is 0.811 bits per heavy atom. The normalized spacial score (nSPS) is 23.8. The molecule has 0 bridgehead atoms. The average molecular weight is 590 g/mol. The van der Waals surface area contributed by atoms with E-state index in [1.807, 2.05) is 0 Å². The molecule has 3 rings (SSSR count). The smallest absolute Gasteiger partial charge is 0.335 e. The Kier molecular flexibility index (Phi) is 9.63. The third kappa shape index (κ3) is 7.25. The molecule has 0 amide bonds. The molecule has 0 aromatic heterocycles. The highest BCUT2D eigenvalue weighted by molar-refractivity contribution is 6.37. The Morgan fingerprint density at radius 3 is 1.68 bits per heavy atom. The molecule has 0 radical (unpaired) electrons. The first-order valence-corrected chi connectivity index (χ1v) is 12.2. The average Bonchev–Trinajstić information content (AvgIpc) is 2.80. The predicted molar refractivity (Wildman–Crippen MR) is 139 cm³/mol. The topological polar surface area (TPSA) is 130 Å². The van der Waals surface area contributed by atoms with Gasteiger partial charge < -0.3 is 24.8 Å². The van der Waals surface area contributed by atoms with E-state index in [0.29, 0.717) is 11.1 Å². The molecule has 1 saturated carbocycles. The number of rotatable bonds is 7. The first-order valence-electron chi connectivity index (χ1n) is 10.7. The summed E-state index contributed by atoms with van der Waals surface area (Å²) in [7, 11) is 0. The molecule has 3 N–H and O–H groups in total. The van der Waals surface area contributed by atoms with Gasteiger partial charge in [0.1, 0.15) is 6.10 Å². The number of carbonyl (C=O) groups is 3. The van der Waals surface area contributed by atoms with E-state index in [4.69, 9.17) is 55.9 Å². The Balaban J connectivity index is 1.80. The minimum Gasteiger partial charge on any atom is -0.479 e. The molecule has 2 aromatic rings. The van der Waals surface area contributed by atoms with Crippen LogP contribution in [0, 0.1) is 0 Å². The fourth-order valence-corrected chi connectivity index (χ4v) is 4.73. The van der Waals surface area contributed by atoms with Crippen molar-refractivity contribution in [2.75, 3.05) is 0 Å². The second kappa shape index (κ2) is 12.3. The number of aliphatic hydroxyl groups excluding tert-OH is 1. The highest BCUT2D eigenvalue weighted by Gasteiger charge is 2.52. The van der Waals surface area contributed by atoms with Gasteiger partial charge in [0.15, 0.2) is 11.7 Å². The van der Waals surface area contributed by atoms with E-state index in [-0.39, 0.29) is 20.1 Å². The molecule has 0 heterocycles. The molecule has 196 valence electrons. The Hall–Kier alpha value is -2.59. The second-order valence-electron chi connectivity index (χ2n) is 8.13. The number of hydrogen-bond acceptors (Lipinski definition) is 7. The van der Waals surface area contributed by atoms with Crippen LogP contribution < -0.4 is 0 Å². The Bertz CT molecular complexity index is 1220. The van der Waals surface area contributed by atoms with Crippen LogP contribution in [0.2, 0.25) is 20.1 Å². The number of aliphatic carboxylic acids is 1. The van der Waals surface area contributed by atoms with Crippen molar-refractivity contribution in [3.05, 3.63) is 79.8 Å². The summed E-state index contributed by atoms with van der Waals surface area (Å²) in [6.45, 7) is 0. The lowest BCUT2D eigenvalue weighted by Crippen LogP contribution is -2.58. The van der Waals surface area contributed by atoms with Gasteiger partial charge in [0.2, 0.25) is 0 Å². The zero-order chi connectivity index (χ0) is 27.3. The summed E-state index contributed by atoms with van der Waals surface area (Å²) in [5, 5.41) is 31.5. The quantitative estimate of drug-likeness (QED) is 0.309. The minimum absolute atomic E-state index is 0.266. The summed E-state index contributed by atoms with van der Waals surface area (Å²) < 4.78 is 10.6. The van der Waals surface area contributed by atoms with E-state index in [1.165, 1.54) is 12.2 Å². The van der Waals surface area contributed by atoms with Gasteiger partial charge in [-0.3, -0.25) is 0 Å². The van der Waals surface area contributed by atoms with Gasteiger partial charge in [0, 0.05) is 56.2 Å². The third-order valence-electron chi connectivity index (χ3n) is 5.52. The standard InChI is InChI=1S/C25H20Cl4O8/c26-15-3-1-4-16(27)13(15)7-9-21(31)36-20-12-25(35,24(33)34)11-19(30)23(20)37-22(32)10-8-14-17(28)5-2-6-18(14)29/h1-10,19-20,23,30,35H,11-12H2,(H,33,34)/b9-7+,10-8+/t19-,20-,23+,25-/m1/s1. The number of halogens is 4. The number of carboxylic acids is 1. The number of benzene rings is 2. The summed E-state index contributed by atoms with van der Waals surface area (Å²) in [5.41, 5.74) is -1.75. The molecule has 0 aliphatic heterocycles. The van der Waals surface area contributed by atoms with Crippen LogP contribution in [0.4, 0.5) is 0 Å². The van der Waals surface area contributed by atoms with Gasteiger partial charge >= 0.3 is 17.9 Å². The van der Waals surface area contributed by atoms with Crippen molar-refractivity contribution in [1.29, 1.82) is 0 Å². The number of aliphatic hydroxyl groups is 2. The number of carboxylic acid groups (broad SMARTS) is 1. The molecule has 2 aromatic carbocycles. The number of carbonyl (C=O) groups excluding carboxylic acids is 2. The van der Waals surface area contributed by atoms with E-state index in [1.54, 1.807) is 36.4 Å². The maximum Gasteiger partial charge on any atom is 0.335 e. The van der Waals surface area contributed by atoms with Crippen LogP contribution in [0.1, 0.15) is 24.0 Å². The zero-order valence-electron chi connectivity index (χ0n) is 18.8. The maximum absolute atomic E-state index is 12.5. The lowest BCUT2D eigenvalue weighted by Gasteiger charge is -2.40. The zero-order valence-corrected chi connectivity index (χ0v) is 21.8. The Morgan fingerprint density at radius 2 is 1.24 bits per heavy atom. The van der Waals surface area contributed by atoms with Gasteiger partial charge in [0.05, 0.1) is 6.10 Å². The fraction of sp³-hybridized carbons (Fsp3) is 0.240. The molecule has 0 saturated heterocycles. The van der Waals surface area contributed by atoms with Crippen molar-refractivity contribution in [2.45, 2.75) is 36.8 Å². The van der Waals surface area contributed by atoms with Crippen LogP contribution in [0.3, 0.4) is 0 Å². The van der Waals surface area contributed by atoms with Gasteiger partial charge in [-0.05, 0) is 36.4 Å². The van der Waals surface area contributed by atoms with Gasteiger partial charge in [-0.15, -0.1) is 0 Å². The van der Waals surface area contributed by atoms with Crippen molar-refractivity contribution in [3.63, 3.8) is 0 Å². The van der Waals surface area contributed by atoms with E-state index >= 15 is 0 Å². The summed E-state index contributed by atoms with van der Waals surface area (Å²) in [6.07, 6.45) is -1.43. The Labute approximate surface area is 231 Å². The van der Waals surface area contributed by atoms with Crippen molar-refractivity contribution >= 4 is 76.5 Å². The van der Waals surface area contributed by atoms with Gasteiger partial charge in [-0.2, -0.15) is 0 Å². The molecule has 1 aliphatic carbocycles. The van der Waals surface area contributed by atoms with E-state index in [0.717, 1.165) is 12.2 Å². The van der Waals surface area contributed by atoms with Crippen LogP contribution in [-0.4, -0.2) is 57.1 Å². The van der Waals surface area contributed by atoms with Crippen LogP contribution in [0.25, 0.3) is 12.2 Å². The largest absolute Gasteiger partial charge is 0.479 e. The van der Waals surface area contributed by atoms with Crippen molar-refractivity contribution in [3.8, 4) is 0 Å². The lowest BCUT2D eigenvalue weighted by atomic mass is 9.79. The minimum atomic E-state index is -2.43. The maximum atomic E-state index is 12.5. The first-order chi connectivity index (χ1) is 17.4. The van der Waals surface area contributed by atoms with Crippen LogP contribution in [0.5, 0.6) is 0 Å². The highest BCUT2D eigenvalue weighted by Crippen LogP contribution is 2.34. The SMILES string of the molecule is O=C(/C=C/c1c(Cl)cccc1Cl)O[C@H]1[C@H](O)C[C@](O)(C(=O)O)C[C@H]1OC(=O)/C=C/c1c(Cl)cccc1Cl. The summed E-state index contributed by atoms with van der Waals surface area (Å²) in [6, 6.07) is 9.48. The van der Waals surface area contributed by atoms with Crippen LogP contribution in [0.15, 0.2) is 48.6 Å². The van der Waals surface area contributed by atoms with Crippen LogP contribution >= 0.6 is 46.4 Å². The molecule has 1 fully saturated rings. The monoisotopic (exact) mass is 588 g/mol. The van der Waals surface area contributed by atoms with E-state index in [2.05, 4.69) is 0 Å². The van der Waals surface area contributed by atoms with Gasteiger partial charge in [-0.25, -0.2) is 14.4 Å². The number of ether oxygens (including phenoxy) is 2. The van der Waals surface area contributed by atoms with Crippen molar-refractivity contribution < 1.29 is 39.2 Å². The molecule has 0 unspecified atom stereocenters. The van der Waals surface area contributed by atoms with Crippen molar-refractivity contribution in [2.24, 2.45) is 0 Å². The molecule has 4 atom stereocenters. The predicted octanol–water partition coefficient (Wildman–Crippen LogP) is 4.82.